The summed E-state index contributed by atoms with van der Waals surface area (Å²) >= 11 is 9.27. The molecule has 1 N–H and O–H groups in total. The van der Waals surface area contributed by atoms with Crippen molar-refractivity contribution in [3.05, 3.63) is 27.7 Å². The summed E-state index contributed by atoms with van der Waals surface area (Å²) in [5.74, 6) is 0.232. The van der Waals surface area contributed by atoms with Gasteiger partial charge in [-0.05, 0) is 32.0 Å². The van der Waals surface area contributed by atoms with E-state index in [1.807, 2.05) is 0 Å². The Kier molecular flexibility index (Phi) is 5.64. The second-order valence-corrected chi connectivity index (χ2v) is 6.25. The van der Waals surface area contributed by atoms with Gasteiger partial charge in [-0.3, -0.25) is 4.79 Å². The van der Waals surface area contributed by atoms with Crippen LogP contribution in [0.5, 0.6) is 5.75 Å². The number of benzene rings is 1. The summed E-state index contributed by atoms with van der Waals surface area (Å²) in [5.41, 5.74) is -0.931. The van der Waals surface area contributed by atoms with Gasteiger partial charge < -0.3 is 14.7 Å². The van der Waals surface area contributed by atoms with E-state index in [1.165, 1.54) is 4.90 Å². The van der Waals surface area contributed by atoms with Gasteiger partial charge in [0.05, 0.1) is 10.6 Å². The van der Waals surface area contributed by atoms with Gasteiger partial charge >= 0.3 is 0 Å². The Morgan fingerprint density at radius 1 is 1.53 bits per heavy atom. The summed E-state index contributed by atoms with van der Waals surface area (Å²) in [4.78, 5) is 13.2. The Morgan fingerprint density at radius 2 is 2.16 bits per heavy atom. The fourth-order valence-electron chi connectivity index (χ4n) is 1.51. The van der Waals surface area contributed by atoms with Gasteiger partial charge in [0.25, 0.3) is 5.91 Å². The number of amides is 1. The van der Waals surface area contributed by atoms with E-state index < -0.39 is 5.60 Å². The third-order valence-corrected chi connectivity index (χ3v) is 3.08. The molecule has 0 fully saturated rings. The molecule has 19 heavy (non-hydrogen) atoms. The number of carbonyl (C=O) groups excluding carboxylic acids is 1. The van der Waals surface area contributed by atoms with Crippen LogP contribution in [0.15, 0.2) is 22.7 Å². The lowest BCUT2D eigenvalue weighted by Crippen LogP contribution is -2.41. The van der Waals surface area contributed by atoms with E-state index in [4.69, 9.17) is 16.3 Å². The minimum Gasteiger partial charge on any atom is -0.482 e. The summed E-state index contributed by atoms with van der Waals surface area (Å²) in [5, 5.41) is 10.1. The molecule has 0 spiro atoms. The van der Waals surface area contributed by atoms with Gasteiger partial charge in [-0.25, -0.2) is 0 Å². The molecule has 0 radical (unpaired) electrons. The summed E-state index contributed by atoms with van der Waals surface area (Å²) in [7, 11) is 1.62. The van der Waals surface area contributed by atoms with E-state index in [2.05, 4.69) is 15.9 Å². The van der Waals surface area contributed by atoms with Gasteiger partial charge in [0.15, 0.2) is 6.61 Å². The Bertz CT molecular complexity index is 460. The normalized spacial score (nSPS) is 11.3. The molecule has 0 aliphatic rings. The smallest absolute Gasteiger partial charge is 0.260 e. The summed E-state index contributed by atoms with van der Waals surface area (Å²) in [6.45, 7) is 3.41. The topological polar surface area (TPSA) is 49.8 Å². The largest absolute Gasteiger partial charge is 0.482 e. The molecule has 0 saturated carbocycles. The third-order valence-electron chi connectivity index (χ3n) is 2.29. The molecular weight excluding hydrogens is 334 g/mol. The van der Waals surface area contributed by atoms with E-state index in [0.29, 0.717) is 10.8 Å². The highest BCUT2D eigenvalue weighted by atomic mass is 79.9. The highest BCUT2D eigenvalue weighted by Gasteiger charge is 2.19. The third kappa shape index (κ3) is 5.80. The van der Waals surface area contributed by atoms with Gasteiger partial charge in [0, 0.05) is 18.1 Å². The van der Waals surface area contributed by atoms with E-state index >= 15 is 0 Å². The second-order valence-electron chi connectivity index (χ2n) is 4.93. The number of hydrogen-bond acceptors (Lipinski definition) is 3. The lowest BCUT2D eigenvalue weighted by molar-refractivity contribution is -0.134. The average Bonchev–Trinajstić information content (AvgIpc) is 2.25. The van der Waals surface area contributed by atoms with Crippen molar-refractivity contribution in [2.24, 2.45) is 0 Å². The molecule has 1 rings (SSSR count). The first-order valence-corrected chi connectivity index (χ1v) is 6.90. The number of carbonyl (C=O) groups is 1. The molecule has 0 heterocycles. The summed E-state index contributed by atoms with van der Waals surface area (Å²) in [6, 6.07) is 5.17. The first-order chi connectivity index (χ1) is 8.69. The highest BCUT2D eigenvalue weighted by Crippen LogP contribution is 2.27. The van der Waals surface area contributed by atoms with Gasteiger partial charge in [-0.15, -0.1) is 0 Å². The SMILES string of the molecule is CN(CC(C)(C)O)C(=O)COc1ccc(Br)cc1Cl. The van der Waals surface area contributed by atoms with Crippen molar-refractivity contribution >= 4 is 33.4 Å². The van der Waals surface area contributed by atoms with E-state index in [9.17, 15) is 9.90 Å². The minimum absolute atomic E-state index is 0.117. The van der Waals surface area contributed by atoms with Gasteiger partial charge in [-0.2, -0.15) is 0 Å². The van der Waals surface area contributed by atoms with Gasteiger partial charge in [0.1, 0.15) is 5.75 Å². The lowest BCUT2D eigenvalue weighted by atomic mass is 10.1. The van der Waals surface area contributed by atoms with Crippen molar-refractivity contribution in [1.29, 1.82) is 0 Å². The van der Waals surface area contributed by atoms with Crippen molar-refractivity contribution in [3.8, 4) is 5.75 Å². The molecule has 106 valence electrons. The van der Waals surface area contributed by atoms with Crippen molar-refractivity contribution in [1.82, 2.24) is 4.90 Å². The first kappa shape index (κ1) is 16.3. The number of aliphatic hydroxyl groups is 1. The minimum atomic E-state index is -0.931. The molecule has 0 unspecified atom stereocenters. The van der Waals surface area contributed by atoms with Crippen LogP contribution in [0.1, 0.15) is 13.8 Å². The zero-order valence-electron chi connectivity index (χ0n) is 11.1. The molecule has 4 nitrogen and oxygen atoms in total. The van der Waals surface area contributed by atoms with Gasteiger partial charge in [0.2, 0.25) is 0 Å². The molecule has 1 aromatic rings. The van der Waals surface area contributed by atoms with Crippen LogP contribution in [0, 0.1) is 0 Å². The molecule has 1 aromatic carbocycles. The molecule has 0 bridgehead atoms. The average molecular weight is 351 g/mol. The number of likely N-dealkylation sites (N-methyl/N-ethyl adjacent to an activating group) is 1. The Morgan fingerprint density at radius 3 is 2.68 bits per heavy atom. The summed E-state index contributed by atoms with van der Waals surface area (Å²) < 4.78 is 6.21. The predicted octanol–water partition coefficient (Wildman–Crippen LogP) is 2.71. The predicted molar refractivity (Wildman–Crippen MR) is 78.6 cm³/mol. The van der Waals surface area contributed by atoms with Crippen molar-refractivity contribution in [2.45, 2.75) is 19.4 Å². The molecule has 0 aromatic heterocycles. The van der Waals surface area contributed by atoms with Crippen LogP contribution < -0.4 is 4.74 Å². The van der Waals surface area contributed by atoms with Crippen LogP contribution in [0.2, 0.25) is 5.02 Å². The van der Waals surface area contributed by atoms with Crippen LogP contribution >= 0.6 is 27.5 Å². The lowest BCUT2D eigenvalue weighted by Gasteiger charge is -2.25. The highest BCUT2D eigenvalue weighted by molar-refractivity contribution is 9.10. The number of rotatable bonds is 5. The summed E-state index contributed by atoms with van der Waals surface area (Å²) in [6.07, 6.45) is 0. The van der Waals surface area contributed by atoms with Crippen LogP contribution in [-0.4, -0.2) is 41.7 Å². The molecule has 0 aliphatic heterocycles. The maximum absolute atomic E-state index is 11.8. The van der Waals surface area contributed by atoms with Crippen molar-refractivity contribution < 1.29 is 14.6 Å². The fourth-order valence-corrected chi connectivity index (χ4v) is 2.24. The van der Waals surface area contributed by atoms with Crippen LogP contribution in [0.25, 0.3) is 0 Å². The molecule has 0 aliphatic carbocycles. The van der Waals surface area contributed by atoms with E-state index in [1.54, 1.807) is 39.1 Å². The van der Waals surface area contributed by atoms with Crippen LogP contribution in [-0.2, 0) is 4.79 Å². The number of ether oxygens (including phenoxy) is 1. The monoisotopic (exact) mass is 349 g/mol. The van der Waals surface area contributed by atoms with E-state index in [-0.39, 0.29) is 19.1 Å². The van der Waals surface area contributed by atoms with Gasteiger partial charge in [-0.1, -0.05) is 27.5 Å². The van der Waals surface area contributed by atoms with Crippen LogP contribution in [0.3, 0.4) is 0 Å². The quantitative estimate of drug-likeness (QED) is 0.888. The van der Waals surface area contributed by atoms with Crippen molar-refractivity contribution in [2.75, 3.05) is 20.2 Å². The van der Waals surface area contributed by atoms with Crippen molar-refractivity contribution in [3.63, 3.8) is 0 Å². The molecule has 1 amide bonds. The van der Waals surface area contributed by atoms with E-state index in [0.717, 1.165) is 4.47 Å². The fraction of sp³-hybridized carbons (Fsp3) is 0.462. The van der Waals surface area contributed by atoms with Crippen LogP contribution in [0.4, 0.5) is 0 Å². The zero-order chi connectivity index (χ0) is 14.6. The second kappa shape index (κ2) is 6.59. The number of nitrogens with zero attached hydrogens (tertiary/aromatic N) is 1. The Hall–Kier alpha value is -0.780. The Balaban J connectivity index is 2.54. The molecule has 0 saturated heterocycles. The Labute approximate surface area is 126 Å². The molecular formula is C13H17BrClNO3. The maximum atomic E-state index is 11.8. The molecule has 6 heteroatoms. The zero-order valence-corrected chi connectivity index (χ0v) is 13.5. The first-order valence-electron chi connectivity index (χ1n) is 5.73. The number of halogens is 2. The standard InChI is InChI=1S/C13H17BrClNO3/c1-13(2,18)8-16(3)12(17)7-19-11-5-4-9(14)6-10(11)15/h4-6,18H,7-8H2,1-3H3. The maximum Gasteiger partial charge on any atom is 0.260 e. The molecule has 0 atom stereocenters. The number of hydrogen-bond donors (Lipinski definition) is 1.